The highest BCUT2D eigenvalue weighted by Gasteiger charge is 2.12. The lowest BCUT2D eigenvalue weighted by molar-refractivity contribution is -0.148. The summed E-state index contributed by atoms with van der Waals surface area (Å²) in [6, 6.07) is 12.7. The molecule has 0 atom stereocenters. The summed E-state index contributed by atoms with van der Waals surface area (Å²) >= 11 is 5.90. The number of esters is 1. The first-order chi connectivity index (χ1) is 12.1. The lowest BCUT2D eigenvalue weighted by Gasteiger charge is -2.06. The number of carbonyl (C=O) groups is 1. The lowest BCUT2D eigenvalue weighted by Crippen LogP contribution is -2.15. The summed E-state index contributed by atoms with van der Waals surface area (Å²) in [5, 5.41) is 4.34. The molecule has 0 saturated carbocycles. The monoisotopic (exact) mass is 362 g/mol. The number of hydrogen-bond donors (Lipinski definition) is 0. The predicted molar refractivity (Wildman–Crippen MR) is 86.4 cm³/mol. The maximum atomic E-state index is 13.4. The van der Waals surface area contributed by atoms with Gasteiger partial charge in [0.1, 0.15) is 0 Å². The van der Waals surface area contributed by atoms with Gasteiger partial charge in [-0.2, -0.15) is 4.98 Å². The number of hydrogen-bond acceptors (Lipinski definition) is 6. The Balaban J connectivity index is 1.52. The molecule has 0 aliphatic carbocycles. The van der Waals surface area contributed by atoms with Gasteiger partial charge in [-0.25, -0.2) is 9.18 Å². The van der Waals surface area contributed by atoms with E-state index in [1.165, 1.54) is 18.2 Å². The number of aromatic nitrogens is 2. The molecule has 1 aromatic heterocycles. The summed E-state index contributed by atoms with van der Waals surface area (Å²) in [6.07, 6.45) is 0. The van der Waals surface area contributed by atoms with Crippen LogP contribution in [0, 0.1) is 5.82 Å². The quantitative estimate of drug-likeness (QED) is 0.623. The highest BCUT2D eigenvalue weighted by molar-refractivity contribution is 6.30. The maximum Gasteiger partial charge on any atom is 0.344 e. The van der Waals surface area contributed by atoms with Crippen LogP contribution in [0.25, 0.3) is 11.4 Å². The minimum absolute atomic E-state index is 0.0273. The summed E-state index contributed by atoms with van der Waals surface area (Å²) in [7, 11) is 0. The van der Waals surface area contributed by atoms with Crippen LogP contribution in [0.1, 0.15) is 5.89 Å². The van der Waals surface area contributed by atoms with Crippen molar-refractivity contribution in [3.05, 3.63) is 65.3 Å². The Hall–Kier alpha value is -2.93. The van der Waals surface area contributed by atoms with Gasteiger partial charge in [0.25, 0.3) is 5.89 Å². The number of ether oxygens (including phenoxy) is 2. The van der Waals surface area contributed by atoms with E-state index in [0.29, 0.717) is 16.4 Å². The Morgan fingerprint density at radius 3 is 2.84 bits per heavy atom. The molecule has 0 radical (unpaired) electrons. The average molecular weight is 363 g/mol. The molecule has 3 rings (SSSR count). The Morgan fingerprint density at radius 2 is 2.04 bits per heavy atom. The van der Waals surface area contributed by atoms with Crippen molar-refractivity contribution >= 4 is 17.6 Å². The smallest absolute Gasteiger partial charge is 0.344 e. The van der Waals surface area contributed by atoms with Gasteiger partial charge in [-0.15, -0.1) is 0 Å². The summed E-state index contributed by atoms with van der Waals surface area (Å²) in [6.45, 7) is -0.650. The zero-order valence-electron chi connectivity index (χ0n) is 12.8. The first-order valence-corrected chi connectivity index (χ1v) is 7.61. The zero-order valence-corrected chi connectivity index (χ0v) is 13.6. The molecule has 6 nitrogen and oxygen atoms in total. The van der Waals surface area contributed by atoms with E-state index in [2.05, 4.69) is 10.1 Å². The SMILES string of the molecule is O=C(COc1ccccc1F)OCc1nc(-c2cccc(Cl)c2)no1. The maximum absolute atomic E-state index is 13.4. The molecule has 25 heavy (non-hydrogen) atoms. The largest absolute Gasteiger partial charge is 0.479 e. The Labute approximate surface area is 147 Å². The highest BCUT2D eigenvalue weighted by atomic mass is 35.5. The van der Waals surface area contributed by atoms with Gasteiger partial charge in [0.15, 0.2) is 24.8 Å². The molecule has 128 valence electrons. The van der Waals surface area contributed by atoms with E-state index in [0.717, 1.165) is 0 Å². The van der Waals surface area contributed by atoms with Crippen molar-refractivity contribution in [3.63, 3.8) is 0 Å². The van der Waals surface area contributed by atoms with Crippen LogP contribution in [0.4, 0.5) is 4.39 Å². The van der Waals surface area contributed by atoms with E-state index in [-0.39, 0.29) is 18.2 Å². The van der Waals surface area contributed by atoms with E-state index >= 15 is 0 Å². The molecule has 1 heterocycles. The average Bonchev–Trinajstić information content (AvgIpc) is 3.08. The van der Waals surface area contributed by atoms with Gasteiger partial charge in [0.2, 0.25) is 5.82 Å². The van der Waals surface area contributed by atoms with Gasteiger partial charge in [0, 0.05) is 10.6 Å². The van der Waals surface area contributed by atoms with Crippen LogP contribution in [0.5, 0.6) is 5.75 Å². The summed E-state index contributed by atoms with van der Waals surface area (Å²) in [5.41, 5.74) is 0.678. The van der Waals surface area contributed by atoms with Crippen LogP contribution in [-0.2, 0) is 16.1 Å². The van der Waals surface area contributed by atoms with Crippen LogP contribution < -0.4 is 4.74 Å². The molecule has 8 heteroatoms. The molecule has 0 amide bonds. The standard InChI is InChI=1S/C17H12ClFN2O4/c18-12-5-3-4-11(8-12)17-20-15(25-21-17)9-24-16(22)10-23-14-7-2-1-6-13(14)19/h1-8H,9-10H2. The van der Waals surface area contributed by atoms with Crippen molar-refractivity contribution in [3.8, 4) is 17.1 Å². The van der Waals surface area contributed by atoms with Crippen molar-refractivity contribution < 1.29 is 23.2 Å². The fourth-order valence-corrected chi connectivity index (χ4v) is 2.13. The van der Waals surface area contributed by atoms with Crippen molar-refractivity contribution in [1.29, 1.82) is 0 Å². The topological polar surface area (TPSA) is 74.5 Å². The Kier molecular flexibility index (Phi) is 5.25. The number of benzene rings is 2. The molecular weight excluding hydrogens is 351 g/mol. The fraction of sp³-hybridized carbons (Fsp3) is 0.118. The van der Waals surface area contributed by atoms with Gasteiger partial charge in [-0.05, 0) is 24.3 Å². The number of nitrogens with zero attached hydrogens (tertiary/aromatic N) is 2. The van der Waals surface area contributed by atoms with Crippen molar-refractivity contribution in [1.82, 2.24) is 10.1 Å². The molecule has 0 N–H and O–H groups in total. The van der Waals surface area contributed by atoms with E-state index in [9.17, 15) is 9.18 Å². The van der Waals surface area contributed by atoms with Gasteiger partial charge < -0.3 is 14.0 Å². The van der Waals surface area contributed by atoms with E-state index < -0.39 is 18.4 Å². The predicted octanol–water partition coefficient (Wildman–Crippen LogP) is 3.65. The van der Waals surface area contributed by atoms with Gasteiger partial charge >= 0.3 is 5.97 Å². The molecule has 0 unspecified atom stereocenters. The van der Waals surface area contributed by atoms with Crippen LogP contribution in [0.2, 0.25) is 5.02 Å². The second-order valence-corrected chi connectivity index (χ2v) is 5.34. The molecule has 0 bridgehead atoms. The third kappa shape index (κ3) is 4.54. The molecular formula is C17H12ClFN2O4. The number of carbonyl (C=O) groups excluding carboxylic acids is 1. The van der Waals surface area contributed by atoms with Crippen LogP contribution in [0.15, 0.2) is 53.1 Å². The van der Waals surface area contributed by atoms with Crippen LogP contribution in [-0.4, -0.2) is 22.7 Å². The number of halogens is 2. The van der Waals surface area contributed by atoms with Crippen LogP contribution >= 0.6 is 11.6 Å². The Bertz CT molecular complexity index is 884. The van der Waals surface area contributed by atoms with E-state index in [4.69, 9.17) is 25.6 Å². The summed E-state index contributed by atoms with van der Waals surface area (Å²) in [5.74, 6) is -0.824. The molecule has 0 aliphatic heterocycles. The van der Waals surface area contributed by atoms with Crippen LogP contribution in [0.3, 0.4) is 0 Å². The number of para-hydroxylation sites is 1. The first kappa shape index (κ1) is 16.9. The van der Waals surface area contributed by atoms with Crippen molar-refractivity contribution in [2.45, 2.75) is 6.61 Å². The molecule has 0 spiro atoms. The van der Waals surface area contributed by atoms with Gasteiger partial charge in [-0.1, -0.05) is 41.0 Å². The molecule has 0 fully saturated rings. The normalized spacial score (nSPS) is 10.5. The molecule has 2 aromatic carbocycles. The summed E-state index contributed by atoms with van der Waals surface area (Å²) < 4.78 is 28.4. The van der Waals surface area contributed by atoms with E-state index in [1.807, 2.05) is 0 Å². The zero-order chi connectivity index (χ0) is 17.6. The van der Waals surface area contributed by atoms with Crippen molar-refractivity contribution in [2.75, 3.05) is 6.61 Å². The second-order valence-electron chi connectivity index (χ2n) is 4.90. The highest BCUT2D eigenvalue weighted by Crippen LogP contribution is 2.20. The van der Waals surface area contributed by atoms with Gasteiger partial charge in [0.05, 0.1) is 0 Å². The third-order valence-corrected chi connectivity index (χ3v) is 3.32. The van der Waals surface area contributed by atoms with Crippen molar-refractivity contribution in [2.24, 2.45) is 0 Å². The molecule has 0 aliphatic rings. The second kappa shape index (κ2) is 7.76. The fourth-order valence-electron chi connectivity index (χ4n) is 1.94. The first-order valence-electron chi connectivity index (χ1n) is 7.23. The molecule has 3 aromatic rings. The van der Waals surface area contributed by atoms with Gasteiger partial charge in [-0.3, -0.25) is 0 Å². The summed E-state index contributed by atoms with van der Waals surface area (Å²) in [4.78, 5) is 15.8. The van der Waals surface area contributed by atoms with E-state index in [1.54, 1.807) is 30.3 Å². The minimum Gasteiger partial charge on any atom is -0.479 e. The number of rotatable bonds is 6. The molecule has 0 saturated heterocycles. The third-order valence-electron chi connectivity index (χ3n) is 3.09. The lowest BCUT2D eigenvalue weighted by atomic mass is 10.2. The Morgan fingerprint density at radius 1 is 1.20 bits per heavy atom. The minimum atomic E-state index is -0.689.